The van der Waals surface area contributed by atoms with Gasteiger partial charge in [-0.25, -0.2) is 14.0 Å². The molecular weight excluding hydrogens is 388 g/mol. The Morgan fingerprint density at radius 3 is 2.32 bits per heavy atom. The number of amides is 1. The molecular formula is C25H24N4O2. The van der Waals surface area contributed by atoms with Crippen LogP contribution in [0.3, 0.4) is 0 Å². The van der Waals surface area contributed by atoms with Gasteiger partial charge in [-0.3, -0.25) is 4.79 Å². The number of carbonyl (C=O) groups is 1. The van der Waals surface area contributed by atoms with E-state index in [4.69, 9.17) is 0 Å². The second-order valence-corrected chi connectivity index (χ2v) is 8.06. The van der Waals surface area contributed by atoms with Crippen LogP contribution < -0.4 is 5.69 Å². The van der Waals surface area contributed by atoms with Crippen LogP contribution in [0.25, 0.3) is 16.5 Å². The largest absolute Gasteiger partial charge is 0.350 e. The molecule has 3 aromatic carbocycles. The molecule has 1 fully saturated rings. The number of nitrogens with zero attached hydrogens (tertiary/aromatic N) is 4. The maximum absolute atomic E-state index is 13.1. The summed E-state index contributed by atoms with van der Waals surface area (Å²) in [6, 6.07) is 23.6. The molecule has 0 spiro atoms. The highest BCUT2D eigenvalue weighted by molar-refractivity contribution is 5.98. The SMILES string of the molecule is Cn1nc(C2CCN(C(=O)c3ccc4ccccc4c3)CC2)n(-c2ccccc2)c1=O. The number of aryl methyl sites for hydroxylation is 1. The van der Waals surface area contributed by atoms with E-state index < -0.39 is 0 Å². The van der Waals surface area contributed by atoms with Crippen molar-refractivity contribution >= 4 is 16.7 Å². The molecule has 0 saturated carbocycles. The average Bonchev–Trinajstić information content (AvgIpc) is 3.13. The number of benzene rings is 3. The van der Waals surface area contributed by atoms with Gasteiger partial charge >= 0.3 is 5.69 Å². The van der Waals surface area contributed by atoms with Crippen LogP contribution in [0, 0.1) is 0 Å². The van der Waals surface area contributed by atoms with Crippen LogP contribution in [0.2, 0.25) is 0 Å². The van der Waals surface area contributed by atoms with Gasteiger partial charge in [0.1, 0.15) is 5.82 Å². The summed E-state index contributed by atoms with van der Waals surface area (Å²) < 4.78 is 3.10. The molecule has 6 nitrogen and oxygen atoms in total. The Bertz CT molecular complexity index is 1300. The summed E-state index contributed by atoms with van der Waals surface area (Å²) in [7, 11) is 1.68. The van der Waals surface area contributed by atoms with Gasteiger partial charge in [0.25, 0.3) is 5.91 Å². The third-order valence-electron chi connectivity index (χ3n) is 6.11. The number of likely N-dealkylation sites (tertiary alicyclic amines) is 1. The average molecular weight is 412 g/mol. The maximum atomic E-state index is 13.1. The molecule has 0 bridgehead atoms. The highest BCUT2D eigenvalue weighted by Gasteiger charge is 2.29. The van der Waals surface area contributed by atoms with Crippen molar-refractivity contribution in [1.82, 2.24) is 19.2 Å². The van der Waals surface area contributed by atoms with Gasteiger partial charge in [0.15, 0.2) is 0 Å². The maximum Gasteiger partial charge on any atom is 0.350 e. The Morgan fingerprint density at radius 2 is 1.58 bits per heavy atom. The van der Waals surface area contributed by atoms with Gasteiger partial charge in [-0.2, -0.15) is 5.10 Å². The molecule has 31 heavy (non-hydrogen) atoms. The summed E-state index contributed by atoms with van der Waals surface area (Å²) in [4.78, 5) is 27.7. The minimum absolute atomic E-state index is 0.0608. The third-order valence-corrected chi connectivity index (χ3v) is 6.11. The van der Waals surface area contributed by atoms with Crippen molar-refractivity contribution in [2.45, 2.75) is 18.8 Å². The van der Waals surface area contributed by atoms with E-state index in [1.165, 1.54) is 4.68 Å². The fourth-order valence-electron chi connectivity index (χ4n) is 4.41. The van der Waals surface area contributed by atoms with E-state index in [9.17, 15) is 9.59 Å². The minimum atomic E-state index is -0.143. The number of carbonyl (C=O) groups excluding carboxylic acids is 1. The summed E-state index contributed by atoms with van der Waals surface area (Å²) in [6.45, 7) is 1.30. The molecule has 0 unspecified atom stereocenters. The monoisotopic (exact) mass is 412 g/mol. The van der Waals surface area contributed by atoms with Crippen molar-refractivity contribution in [2.24, 2.45) is 7.05 Å². The normalized spacial score (nSPS) is 14.8. The zero-order valence-corrected chi connectivity index (χ0v) is 17.4. The lowest BCUT2D eigenvalue weighted by molar-refractivity contribution is 0.0710. The van der Waals surface area contributed by atoms with Gasteiger partial charge in [0, 0.05) is 31.6 Å². The van der Waals surface area contributed by atoms with Gasteiger partial charge < -0.3 is 4.90 Å². The quantitative estimate of drug-likeness (QED) is 0.515. The van der Waals surface area contributed by atoms with E-state index in [0.717, 1.165) is 40.7 Å². The van der Waals surface area contributed by atoms with E-state index in [1.807, 2.05) is 77.7 Å². The van der Waals surface area contributed by atoms with E-state index >= 15 is 0 Å². The van der Waals surface area contributed by atoms with Gasteiger partial charge in [-0.1, -0.05) is 48.5 Å². The fourth-order valence-corrected chi connectivity index (χ4v) is 4.41. The van der Waals surface area contributed by atoms with E-state index in [-0.39, 0.29) is 17.5 Å². The highest BCUT2D eigenvalue weighted by Crippen LogP contribution is 2.28. The lowest BCUT2D eigenvalue weighted by Gasteiger charge is -2.31. The Hall–Kier alpha value is -3.67. The molecule has 1 amide bonds. The van der Waals surface area contributed by atoms with Crippen molar-refractivity contribution in [3.8, 4) is 5.69 Å². The number of hydrogen-bond donors (Lipinski definition) is 0. The summed E-state index contributed by atoms with van der Waals surface area (Å²) in [5.41, 5.74) is 1.40. The van der Waals surface area contributed by atoms with Crippen LogP contribution in [0.15, 0.2) is 77.6 Å². The molecule has 0 atom stereocenters. The van der Waals surface area contributed by atoms with Gasteiger partial charge in [0.2, 0.25) is 0 Å². The number of rotatable bonds is 3. The number of piperidine rings is 1. The second kappa shape index (κ2) is 7.87. The first-order valence-electron chi connectivity index (χ1n) is 10.6. The minimum Gasteiger partial charge on any atom is -0.339 e. The molecule has 1 aromatic heterocycles. The number of para-hydroxylation sites is 1. The Morgan fingerprint density at radius 1 is 0.903 bits per heavy atom. The van der Waals surface area contributed by atoms with E-state index in [0.29, 0.717) is 13.1 Å². The van der Waals surface area contributed by atoms with E-state index in [1.54, 1.807) is 11.6 Å². The molecule has 2 heterocycles. The first-order valence-corrected chi connectivity index (χ1v) is 10.6. The molecule has 0 aliphatic carbocycles. The predicted octanol–water partition coefficient (Wildman–Crippen LogP) is 3.74. The fraction of sp³-hybridized carbons (Fsp3) is 0.240. The molecule has 4 aromatic rings. The topological polar surface area (TPSA) is 60.1 Å². The van der Waals surface area contributed by atoms with Gasteiger partial charge in [0.05, 0.1) is 5.69 Å². The summed E-state index contributed by atoms with van der Waals surface area (Å²) in [5.74, 6) is 0.969. The number of hydrogen-bond acceptors (Lipinski definition) is 3. The summed E-state index contributed by atoms with van der Waals surface area (Å²) in [5, 5.41) is 6.74. The van der Waals surface area contributed by atoms with Crippen LogP contribution in [0.5, 0.6) is 0 Å². The third kappa shape index (κ3) is 3.54. The van der Waals surface area contributed by atoms with Crippen LogP contribution >= 0.6 is 0 Å². The Kier molecular flexibility index (Phi) is 4.90. The predicted molar refractivity (Wildman–Crippen MR) is 121 cm³/mol. The number of fused-ring (bicyclic) bond motifs is 1. The molecule has 1 saturated heterocycles. The van der Waals surface area contributed by atoms with Crippen molar-refractivity contribution in [2.75, 3.05) is 13.1 Å². The molecule has 5 rings (SSSR count). The second-order valence-electron chi connectivity index (χ2n) is 8.06. The lowest BCUT2D eigenvalue weighted by atomic mass is 9.95. The molecule has 1 aliphatic heterocycles. The van der Waals surface area contributed by atoms with Crippen molar-refractivity contribution in [1.29, 1.82) is 0 Å². The number of aromatic nitrogens is 3. The van der Waals surface area contributed by atoms with Crippen LogP contribution in [-0.4, -0.2) is 38.2 Å². The molecule has 0 radical (unpaired) electrons. The molecule has 1 aliphatic rings. The lowest BCUT2D eigenvalue weighted by Crippen LogP contribution is -2.38. The zero-order valence-electron chi connectivity index (χ0n) is 17.4. The van der Waals surface area contributed by atoms with Gasteiger partial charge in [-0.15, -0.1) is 0 Å². The van der Waals surface area contributed by atoms with Crippen molar-refractivity contribution in [3.63, 3.8) is 0 Å². The Balaban J connectivity index is 1.35. The van der Waals surface area contributed by atoms with Crippen LogP contribution in [0.4, 0.5) is 0 Å². The van der Waals surface area contributed by atoms with E-state index in [2.05, 4.69) is 5.10 Å². The smallest absolute Gasteiger partial charge is 0.339 e. The first-order chi connectivity index (χ1) is 15.1. The van der Waals surface area contributed by atoms with Crippen molar-refractivity contribution in [3.05, 3.63) is 94.7 Å². The molecule has 156 valence electrons. The van der Waals surface area contributed by atoms with Crippen molar-refractivity contribution < 1.29 is 4.79 Å². The Labute approximate surface area is 180 Å². The highest BCUT2D eigenvalue weighted by atomic mass is 16.2. The molecule has 6 heteroatoms. The molecule has 0 N–H and O–H groups in total. The summed E-state index contributed by atoms with van der Waals surface area (Å²) in [6.07, 6.45) is 1.56. The van der Waals surface area contributed by atoms with Gasteiger partial charge in [-0.05, 0) is 47.9 Å². The van der Waals surface area contributed by atoms with Crippen LogP contribution in [0.1, 0.15) is 34.9 Å². The zero-order chi connectivity index (χ0) is 21.4. The standard InChI is InChI=1S/C25H24N4O2/c1-27-25(31)29(22-9-3-2-4-10-22)23(26-27)19-13-15-28(16-14-19)24(30)21-12-11-18-7-5-6-8-20(18)17-21/h2-12,17,19H,13-16H2,1H3. The summed E-state index contributed by atoms with van der Waals surface area (Å²) >= 11 is 0. The van der Waals surface area contributed by atoms with Crippen LogP contribution in [-0.2, 0) is 7.05 Å². The first kappa shape index (κ1) is 19.3.